The Morgan fingerprint density at radius 2 is 1.54 bits per heavy atom. The number of nitrogens with one attached hydrogen (secondary N) is 2. The Hall–Kier alpha value is -3.08. The molecule has 2 amide bonds. The van der Waals surface area contributed by atoms with E-state index >= 15 is 0 Å². The summed E-state index contributed by atoms with van der Waals surface area (Å²) in [5.41, 5.74) is 4.38. The van der Waals surface area contributed by atoms with E-state index in [4.69, 9.17) is 0 Å². The highest BCUT2D eigenvalue weighted by Crippen LogP contribution is 2.09. The van der Waals surface area contributed by atoms with Crippen LogP contribution in [0.15, 0.2) is 67.3 Å². The van der Waals surface area contributed by atoms with Gasteiger partial charge in [0, 0.05) is 31.2 Å². The number of carbonyl (C=O) groups is 1. The zero-order chi connectivity index (χ0) is 16.8. The number of benzene rings is 2. The molecule has 0 saturated carbocycles. The molecule has 1 aromatic heterocycles. The van der Waals surface area contributed by atoms with Gasteiger partial charge in [-0.3, -0.25) is 0 Å². The van der Waals surface area contributed by atoms with Gasteiger partial charge in [-0.15, -0.1) is 0 Å². The second kappa shape index (κ2) is 7.46. The van der Waals surface area contributed by atoms with Gasteiger partial charge in [-0.1, -0.05) is 42.0 Å². The quantitative estimate of drug-likeness (QED) is 0.758. The highest BCUT2D eigenvalue weighted by Gasteiger charge is 2.02. The van der Waals surface area contributed by atoms with E-state index in [-0.39, 0.29) is 6.03 Å². The summed E-state index contributed by atoms with van der Waals surface area (Å²) in [4.78, 5) is 15.9. The number of hydrogen-bond donors (Lipinski definition) is 2. The number of urea groups is 1. The van der Waals surface area contributed by atoms with E-state index in [0.717, 1.165) is 16.8 Å². The van der Waals surface area contributed by atoms with Crippen molar-refractivity contribution in [3.63, 3.8) is 0 Å². The van der Waals surface area contributed by atoms with E-state index in [9.17, 15) is 4.79 Å². The van der Waals surface area contributed by atoms with Crippen molar-refractivity contribution >= 4 is 6.03 Å². The third-order valence-electron chi connectivity index (χ3n) is 3.77. The van der Waals surface area contributed by atoms with E-state index in [0.29, 0.717) is 13.1 Å². The maximum Gasteiger partial charge on any atom is 0.315 e. The fraction of sp³-hybridized carbons (Fsp3) is 0.158. The van der Waals surface area contributed by atoms with Crippen molar-refractivity contribution in [1.82, 2.24) is 20.2 Å². The summed E-state index contributed by atoms with van der Waals surface area (Å²) in [5, 5.41) is 5.73. The summed E-state index contributed by atoms with van der Waals surface area (Å²) < 4.78 is 1.94. The van der Waals surface area contributed by atoms with Crippen LogP contribution < -0.4 is 10.6 Å². The standard InChI is InChI=1S/C19H20N4O/c1-15-2-4-16(5-3-15)12-21-19(24)22-13-17-6-8-18(9-7-17)23-11-10-20-14-23/h2-11,14H,12-13H2,1H3,(H2,21,22,24). The summed E-state index contributed by atoms with van der Waals surface area (Å²) in [6.07, 6.45) is 5.39. The van der Waals surface area contributed by atoms with Crippen molar-refractivity contribution in [1.29, 1.82) is 0 Å². The van der Waals surface area contributed by atoms with Gasteiger partial charge in [0.1, 0.15) is 0 Å². The first-order valence-corrected chi connectivity index (χ1v) is 7.85. The summed E-state index contributed by atoms with van der Waals surface area (Å²) >= 11 is 0. The zero-order valence-electron chi connectivity index (χ0n) is 13.6. The van der Waals surface area contributed by atoms with E-state index < -0.39 is 0 Å². The Bertz CT molecular complexity index is 777. The summed E-state index contributed by atoms with van der Waals surface area (Å²) in [6.45, 7) is 3.05. The molecule has 0 aliphatic carbocycles. The molecule has 0 spiro atoms. The molecule has 0 aliphatic rings. The van der Waals surface area contributed by atoms with E-state index in [2.05, 4.69) is 15.6 Å². The van der Waals surface area contributed by atoms with Crippen LogP contribution >= 0.6 is 0 Å². The molecule has 1 heterocycles. The molecule has 0 atom stereocenters. The lowest BCUT2D eigenvalue weighted by Crippen LogP contribution is -2.34. The molecule has 5 heteroatoms. The smallest absolute Gasteiger partial charge is 0.315 e. The number of hydrogen-bond acceptors (Lipinski definition) is 2. The van der Waals surface area contributed by atoms with Gasteiger partial charge in [0.2, 0.25) is 0 Å². The van der Waals surface area contributed by atoms with Crippen molar-refractivity contribution in [2.45, 2.75) is 20.0 Å². The van der Waals surface area contributed by atoms with Gasteiger partial charge in [0.05, 0.1) is 6.33 Å². The van der Waals surface area contributed by atoms with Gasteiger partial charge in [-0.25, -0.2) is 9.78 Å². The first-order valence-electron chi connectivity index (χ1n) is 7.85. The van der Waals surface area contributed by atoms with Crippen molar-refractivity contribution in [2.75, 3.05) is 0 Å². The normalized spacial score (nSPS) is 10.4. The summed E-state index contributed by atoms with van der Waals surface area (Å²) in [5.74, 6) is 0. The number of carbonyl (C=O) groups excluding carboxylic acids is 1. The Morgan fingerprint density at radius 1 is 0.958 bits per heavy atom. The molecular formula is C19H20N4O. The Morgan fingerprint density at radius 3 is 2.08 bits per heavy atom. The molecule has 2 N–H and O–H groups in total. The Balaban J connectivity index is 1.46. The minimum absolute atomic E-state index is 0.172. The molecule has 0 unspecified atom stereocenters. The van der Waals surface area contributed by atoms with Crippen molar-refractivity contribution in [3.05, 3.63) is 83.9 Å². The van der Waals surface area contributed by atoms with Crippen molar-refractivity contribution in [2.24, 2.45) is 0 Å². The molecule has 0 fully saturated rings. The van der Waals surface area contributed by atoms with Gasteiger partial charge in [0.15, 0.2) is 0 Å². The van der Waals surface area contributed by atoms with Crippen LogP contribution in [0.5, 0.6) is 0 Å². The average molecular weight is 320 g/mol. The number of rotatable bonds is 5. The van der Waals surface area contributed by atoms with Crippen LogP contribution in [0.25, 0.3) is 5.69 Å². The molecule has 3 aromatic rings. The van der Waals surface area contributed by atoms with E-state index in [1.165, 1.54) is 5.56 Å². The number of aryl methyl sites for hydroxylation is 1. The van der Waals surface area contributed by atoms with Crippen molar-refractivity contribution in [3.8, 4) is 5.69 Å². The molecule has 0 aliphatic heterocycles. The van der Waals surface area contributed by atoms with Crippen LogP contribution in [0.4, 0.5) is 4.79 Å². The zero-order valence-corrected chi connectivity index (χ0v) is 13.6. The van der Waals surface area contributed by atoms with Crippen LogP contribution in [0.2, 0.25) is 0 Å². The molecule has 3 rings (SSSR count). The molecule has 24 heavy (non-hydrogen) atoms. The minimum Gasteiger partial charge on any atom is -0.334 e. The van der Waals surface area contributed by atoms with Crippen LogP contribution in [0.1, 0.15) is 16.7 Å². The molecule has 0 radical (unpaired) electrons. The minimum atomic E-state index is -0.172. The van der Waals surface area contributed by atoms with Crippen LogP contribution in [-0.2, 0) is 13.1 Å². The van der Waals surface area contributed by atoms with Gasteiger partial charge in [0.25, 0.3) is 0 Å². The summed E-state index contributed by atoms with van der Waals surface area (Å²) in [7, 11) is 0. The van der Waals surface area contributed by atoms with Gasteiger partial charge in [-0.2, -0.15) is 0 Å². The second-order valence-corrected chi connectivity index (χ2v) is 5.66. The summed E-state index contributed by atoms with van der Waals surface area (Å²) in [6, 6.07) is 15.9. The van der Waals surface area contributed by atoms with Gasteiger partial charge in [-0.05, 0) is 30.2 Å². The topological polar surface area (TPSA) is 59.0 Å². The fourth-order valence-corrected chi connectivity index (χ4v) is 2.33. The number of aromatic nitrogens is 2. The monoisotopic (exact) mass is 320 g/mol. The molecule has 2 aromatic carbocycles. The number of imidazole rings is 1. The largest absolute Gasteiger partial charge is 0.334 e. The molecule has 122 valence electrons. The fourth-order valence-electron chi connectivity index (χ4n) is 2.33. The van der Waals surface area contributed by atoms with E-state index in [1.54, 1.807) is 12.5 Å². The molecule has 0 saturated heterocycles. The number of amides is 2. The third-order valence-corrected chi connectivity index (χ3v) is 3.77. The van der Waals surface area contributed by atoms with Crippen LogP contribution in [-0.4, -0.2) is 15.6 Å². The average Bonchev–Trinajstić information content (AvgIpc) is 3.14. The maximum absolute atomic E-state index is 11.9. The second-order valence-electron chi connectivity index (χ2n) is 5.66. The van der Waals surface area contributed by atoms with Crippen LogP contribution in [0, 0.1) is 6.92 Å². The van der Waals surface area contributed by atoms with Crippen molar-refractivity contribution < 1.29 is 4.79 Å². The maximum atomic E-state index is 11.9. The molecule has 5 nitrogen and oxygen atoms in total. The molecular weight excluding hydrogens is 300 g/mol. The number of nitrogens with zero attached hydrogens (tertiary/aromatic N) is 2. The highest BCUT2D eigenvalue weighted by molar-refractivity contribution is 5.73. The van der Waals surface area contributed by atoms with Gasteiger partial charge < -0.3 is 15.2 Å². The first kappa shape index (κ1) is 15.8. The molecule has 0 bridgehead atoms. The highest BCUT2D eigenvalue weighted by atomic mass is 16.2. The Kier molecular flexibility index (Phi) is 4.91. The lowest BCUT2D eigenvalue weighted by molar-refractivity contribution is 0.240. The van der Waals surface area contributed by atoms with E-state index in [1.807, 2.05) is 66.2 Å². The first-order chi connectivity index (χ1) is 11.7. The lowest BCUT2D eigenvalue weighted by atomic mass is 10.1. The Labute approximate surface area is 141 Å². The lowest BCUT2D eigenvalue weighted by Gasteiger charge is -2.09. The third kappa shape index (κ3) is 4.23. The van der Waals surface area contributed by atoms with Crippen LogP contribution in [0.3, 0.4) is 0 Å². The predicted octanol–water partition coefficient (Wildman–Crippen LogP) is 3.18. The van der Waals surface area contributed by atoms with Gasteiger partial charge >= 0.3 is 6.03 Å². The predicted molar refractivity (Wildman–Crippen MR) is 93.8 cm³/mol. The SMILES string of the molecule is Cc1ccc(CNC(=O)NCc2ccc(-n3ccnc3)cc2)cc1.